The molecule has 1 aromatic carbocycles. The van der Waals surface area contributed by atoms with Gasteiger partial charge in [0.1, 0.15) is 10.7 Å². The van der Waals surface area contributed by atoms with Crippen molar-refractivity contribution in [3.05, 3.63) is 42.7 Å². The van der Waals surface area contributed by atoms with Crippen molar-refractivity contribution in [3.8, 4) is 0 Å². The molecule has 1 aliphatic heterocycles. The van der Waals surface area contributed by atoms with Gasteiger partial charge in [-0.2, -0.15) is 4.31 Å². The number of carbonyl (C=O) groups is 1. The predicted molar refractivity (Wildman–Crippen MR) is 84.8 cm³/mol. The molecule has 1 aromatic rings. The molecule has 0 aromatic heterocycles. The van der Waals surface area contributed by atoms with Gasteiger partial charge >= 0.3 is 0 Å². The molecule has 6 nitrogen and oxygen atoms in total. The van der Waals surface area contributed by atoms with E-state index in [0.29, 0.717) is 19.6 Å². The first-order chi connectivity index (χ1) is 10.9. The van der Waals surface area contributed by atoms with Crippen molar-refractivity contribution in [1.29, 1.82) is 0 Å². The van der Waals surface area contributed by atoms with Crippen LogP contribution < -0.4 is 5.32 Å². The summed E-state index contributed by atoms with van der Waals surface area (Å²) in [5.41, 5.74) is 0. The van der Waals surface area contributed by atoms with Gasteiger partial charge in [-0.15, -0.1) is 6.58 Å². The number of piperazine rings is 1. The van der Waals surface area contributed by atoms with E-state index in [1.54, 1.807) is 6.08 Å². The summed E-state index contributed by atoms with van der Waals surface area (Å²) >= 11 is 0. The van der Waals surface area contributed by atoms with Crippen LogP contribution in [-0.4, -0.2) is 62.8 Å². The number of amides is 1. The van der Waals surface area contributed by atoms with Gasteiger partial charge in [-0.25, -0.2) is 12.8 Å². The van der Waals surface area contributed by atoms with Gasteiger partial charge in [0, 0.05) is 32.7 Å². The summed E-state index contributed by atoms with van der Waals surface area (Å²) in [4.78, 5) is 13.2. The summed E-state index contributed by atoms with van der Waals surface area (Å²) in [6.07, 6.45) is 1.59. The van der Waals surface area contributed by atoms with Crippen molar-refractivity contribution in [2.75, 3.05) is 39.3 Å². The molecule has 0 atom stereocenters. The third-order valence-corrected chi connectivity index (χ3v) is 5.53. The molecular weight excluding hydrogens is 321 g/mol. The van der Waals surface area contributed by atoms with E-state index in [9.17, 15) is 17.6 Å². The number of nitrogens with one attached hydrogen (secondary N) is 1. The molecule has 2 rings (SSSR count). The number of halogens is 1. The minimum absolute atomic E-state index is 0.129. The van der Waals surface area contributed by atoms with Crippen molar-refractivity contribution in [3.63, 3.8) is 0 Å². The first-order valence-corrected chi connectivity index (χ1v) is 8.74. The van der Waals surface area contributed by atoms with Gasteiger partial charge in [0.25, 0.3) is 0 Å². The Kier molecular flexibility index (Phi) is 5.86. The van der Waals surface area contributed by atoms with Gasteiger partial charge < -0.3 is 5.32 Å². The molecular formula is C15H20FN3O3S. The first-order valence-electron chi connectivity index (χ1n) is 7.30. The van der Waals surface area contributed by atoms with E-state index in [-0.39, 0.29) is 30.4 Å². The predicted octanol–water partition coefficient (Wildman–Crippen LogP) is 0.434. The summed E-state index contributed by atoms with van der Waals surface area (Å²) in [5, 5.41) is 2.67. The Hall–Kier alpha value is -1.77. The average molecular weight is 341 g/mol. The number of rotatable bonds is 6. The van der Waals surface area contributed by atoms with Gasteiger partial charge in [-0.05, 0) is 12.1 Å². The van der Waals surface area contributed by atoms with Crippen LogP contribution in [0.25, 0.3) is 0 Å². The number of nitrogens with zero attached hydrogens (tertiary/aromatic N) is 2. The van der Waals surface area contributed by atoms with Gasteiger partial charge in [0.2, 0.25) is 15.9 Å². The number of hydrogen-bond acceptors (Lipinski definition) is 4. The summed E-state index contributed by atoms with van der Waals surface area (Å²) in [7, 11) is -3.84. The molecule has 0 unspecified atom stereocenters. The van der Waals surface area contributed by atoms with Gasteiger partial charge in [0.05, 0.1) is 6.54 Å². The lowest BCUT2D eigenvalue weighted by atomic mass is 10.3. The Bertz CT molecular complexity index is 670. The lowest BCUT2D eigenvalue weighted by molar-refractivity contribution is -0.122. The minimum atomic E-state index is -3.84. The normalized spacial score (nSPS) is 16.9. The maximum absolute atomic E-state index is 13.7. The molecule has 8 heteroatoms. The molecule has 0 bridgehead atoms. The monoisotopic (exact) mass is 341 g/mol. The van der Waals surface area contributed by atoms with E-state index >= 15 is 0 Å². The van der Waals surface area contributed by atoms with Crippen LogP contribution in [0.15, 0.2) is 41.8 Å². The molecule has 1 aliphatic rings. The third kappa shape index (κ3) is 4.37. The van der Waals surface area contributed by atoms with E-state index in [1.165, 1.54) is 22.5 Å². The van der Waals surface area contributed by atoms with Crippen LogP contribution in [0.4, 0.5) is 4.39 Å². The van der Waals surface area contributed by atoms with Crippen molar-refractivity contribution in [1.82, 2.24) is 14.5 Å². The highest BCUT2D eigenvalue weighted by molar-refractivity contribution is 7.89. The van der Waals surface area contributed by atoms with Crippen molar-refractivity contribution in [2.45, 2.75) is 4.90 Å². The van der Waals surface area contributed by atoms with E-state index in [0.717, 1.165) is 6.07 Å². The molecule has 1 fully saturated rings. The Morgan fingerprint density at radius 1 is 1.26 bits per heavy atom. The molecule has 1 saturated heterocycles. The van der Waals surface area contributed by atoms with Crippen LogP contribution in [0.1, 0.15) is 0 Å². The fourth-order valence-corrected chi connectivity index (χ4v) is 3.85. The van der Waals surface area contributed by atoms with Crippen LogP contribution in [0.2, 0.25) is 0 Å². The molecule has 1 heterocycles. The maximum Gasteiger partial charge on any atom is 0.246 e. The second-order valence-corrected chi connectivity index (χ2v) is 7.11. The third-order valence-electron chi connectivity index (χ3n) is 3.60. The van der Waals surface area contributed by atoms with Crippen LogP contribution in [0, 0.1) is 5.82 Å². The summed E-state index contributed by atoms with van der Waals surface area (Å²) in [6, 6.07) is 5.34. The fraction of sp³-hybridized carbons (Fsp3) is 0.400. The molecule has 0 aliphatic carbocycles. The summed E-state index contributed by atoms with van der Waals surface area (Å²) in [6.45, 7) is 5.44. The molecule has 0 spiro atoms. The zero-order valence-corrected chi connectivity index (χ0v) is 13.6. The Labute approximate surface area is 135 Å². The summed E-state index contributed by atoms with van der Waals surface area (Å²) < 4.78 is 39.9. The highest BCUT2D eigenvalue weighted by atomic mass is 32.2. The molecule has 0 saturated carbocycles. The Morgan fingerprint density at radius 3 is 2.52 bits per heavy atom. The van der Waals surface area contributed by atoms with Crippen LogP contribution >= 0.6 is 0 Å². The second-order valence-electron chi connectivity index (χ2n) is 5.20. The van der Waals surface area contributed by atoms with Crippen LogP contribution in [0.5, 0.6) is 0 Å². The smallest absolute Gasteiger partial charge is 0.246 e. The fourth-order valence-electron chi connectivity index (χ4n) is 2.37. The maximum atomic E-state index is 13.7. The molecule has 0 radical (unpaired) electrons. The highest BCUT2D eigenvalue weighted by Crippen LogP contribution is 2.20. The second kappa shape index (κ2) is 7.67. The molecule has 126 valence electrons. The zero-order valence-electron chi connectivity index (χ0n) is 12.7. The van der Waals surface area contributed by atoms with Crippen molar-refractivity contribution < 1.29 is 17.6 Å². The number of sulfonamides is 1. The average Bonchev–Trinajstić information content (AvgIpc) is 2.53. The molecule has 1 N–H and O–H groups in total. The lowest BCUT2D eigenvalue weighted by Crippen LogP contribution is -2.51. The number of carbonyl (C=O) groups excluding carboxylic acids is 1. The highest BCUT2D eigenvalue weighted by Gasteiger charge is 2.30. The van der Waals surface area contributed by atoms with Crippen molar-refractivity contribution >= 4 is 15.9 Å². The Balaban J connectivity index is 1.95. The minimum Gasteiger partial charge on any atom is -0.352 e. The zero-order chi connectivity index (χ0) is 16.9. The Morgan fingerprint density at radius 2 is 1.91 bits per heavy atom. The quantitative estimate of drug-likeness (QED) is 0.762. The number of hydrogen-bond donors (Lipinski definition) is 1. The van der Waals surface area contributed by atoms with Crippen LogP contribution in [0.3, 0.4) is 0 Å². The topological polar surface area (TPSA) is 69.7 Å². The molecule has 1 amide bonds. The SMILES string of the molecule is C=CCNC(=O)CN1CCN(S(=O)(=O)c2ccccc2F)CC1. The standard InChI is InChI=1S/C15H20FN3O3S/c1-2-7-17-15(20)12-18-8-10-19(11-9-18)23(21,22)14-6-4-3-5-13(14)16/h2-6H,1,7-12H2,(H,17,20). The largest absolute Gasteiger partial charge is 0.352 e. The summed E-state index contributed by atoms with van der Waals surface area (Å²) in [5.74, 6) is -0.881. The van der Waals surface area contributed by atoms with Gasteiger partial charge in [-0.1, -0.05) is 18.2 Å². The lowest BCUT2D eigenvalue weighted by Gasteiger charge is -2.33. The van der Waals surface area contributed by atoms with Gasteiger partial charge in [-0.3, -0.25) is 9.69 Å². The van der Waals surface area contributed by atoms with Gasteiger partial charge in [0.15, 0.2) is 0 Å². The van der Waals surface area contributed by atoms with E-state index < -0.39 is 15.8 Å². The van der Waals surface area contributed by atoms with E-state index in [1.807, 2.05) is 4.90 Å². The van der Waals surface area contributed by atoms with E-state index in [2.05, 4.69) is 11.9 Å². The van der Waals surface area contributed by atoms with Crippen LogP contribution in [-0.2, 0) is 14.8 Å². The molecule has 23 heavy (non-hydrogen) atoms. The van der Waals surface area contributed by atoms with E-state index in [4.69, 9.17) is 0 Å². The van der Waals surface area contributed by atoms with Crippen molar-refractivity contribution in [2.24, 2.45) is 0 Å². The first kappa shape index (κ1) is 17.6. The number of benzene rings is 1.